The Morgan fingerprint density at radius 2 is 1.86 bits per heavy atom. The summed E-state index contributed by atoms with van der Waals surface area (Å²) in [6.45, 7) is 5.94. The normalized spacial score (nSPS) is 11.7. The lowest BCUT2D eigenvalue weighted by atomic mass is 10.2. The fraction of sp³-hybridized carbons (Fsp3) is 0.217. The molecular formula is C23H24N6O4S2. The van der Waals surface area contributed by atoms with Crippen LogP contribution < -0.4 is 10.9 Å². The second-order valence-corrected chi connectivity index (χ2v) is 10.5. The first-order valence-electron chi connectivity index (χ1n) is 10.9. The lowest BCUT2D eigenvalue weighted by Crippen LogP contribution is -2.30. The van der Waals surface area contributed by atoms with Crippen molar-refractivity contribution in [3.63, 3.8) is 0 Å². The predicted molar refractivity (Wildman–Crippen MR) is 135 cm³/mol. The minimum Gasteiger partial charge on any atom is -0.306 e. The summed E-state index contributed by atoms with van der Waals surface area (Å²) in [7, 11) is -3.63. The molecule has 4 aromatic rings. The number of amides is 1. The molecule has 0 aliphatic carbocycles. The van der Waals surface area contributed by atoms with Gasteiger partial charge in [-0.05, 0) is 42.6 Å². The van der Waals surface area contributed by atoms with E-state index >= 15 is 0 Å². The van der Waals surface area contributed by atoms with E-state index in [1.165, 1.54) is 50.7 Å². The Morgan fingerprint density at radius 1 is 1.14 bits per heavy atom. The van der Waals surface area contributed by atoms with Crippen LogP contribution in [0.1, 0.15) is 29.9 Å². The fourth-order valence-corrected chi connectivity index (χ4v) is 5.66. The second kappa shape index (κ2) is 9.94. The molecule has 0 radical (unpaired) electrons. The molecule has 0 saturated heterocycles. The molecule has 0 aliphatic rings. The molecule has 2 N–H and O–H groups in total. The molecule has 35 heavy (non-hydrogen) atoms. The highest BCUT2D eigenvalue weighted by atomic mass is 32.2. The summed E-state index contributed by atoms with van der Waals surface area (Å²) in [6.07, 6.45) is 0. The summed E-state index contributed by atoms with van der Waals surface area (Å²) in [4.78, 5) is 33.0. The summed E-state index contributed by atoms with van der Waals surface area (Å²) in [5, 5.41) is 9.24. The van der Waals surface area contributed by atoms with Gasteiger partial charge in [-0.15, -0.1) is 11.3 Å². The van der Waals surface area contributed by atoms with Crippen LogP contribution >= 0.6 is 11.3 Å². The van der Waals surface area contributed by atoms with Gasteiger partial charge in [0.05, 0.1) is 9.77 Å². The number of carbonyl (C=O) groups excluding carboxylic acids is 1. The molecule has 182 valence electrons. The standard InChI is InChI=1S/C23H24N6O4S2/c1-4-28(5-2)35(32,33)17-10-8-16(9-11-17)22(31)25-20-14-18(19-7-6-12-34-19)27-29(20)23-24-15(3)13-21(30)26-23/h6-14H,4-5H2,1-3H3,(H,25,31)(H,24,26,30). The molecule has 0 aliphatic heterocycles. The maximum Gasteiger partial charge on any atom is 0.256 e. The van der Waals surface area contributed by atoms with Crippen LogP contribution in [0.4, 0.5) is 5.82 Å². The number of hydrogen-bond acceptors (Lipinski definition) is 7. The number of H-pyrrole nitrogens is 1. The van der Waals surface area contributed by atoms with Gasteiger partial charge in [-0.1, -0.05) is 19.9 Å². The van der Waals surface area contributed by atoms with Gasteiger partial charge in [-0.3, -0.25) is 14.6 Å². The molecule has 3 aromatic heterocycles. The largest absolute Gasteiger partial charge is 0.306 e. The molecule has 0 saturated carbocycles. The first-order chi connectivity index (χ1) is 16.7. The molecule has 1 aromatic carbocycles. The van der Waals surface area contributed by atoms with Crippen molar-refractivity contribution in [1.29, 1.82) is 0 Å². The number of anilines is 1. The van der Waals surface area contributed by atoms with E-state index in [1.54, 1.807) is 26.8 Å². The Hall–Kier alpha value is -3.61. The van der Waals surface area contributed by atoms with Crippen molar-refractivity contribution in [3.05, 3.63) is 75.5 Å². The van der Waals surface area contributed by atoms with Crippen LogP contribution in [-0.2, 0) is 10.0 Å². The Bertz CT molecular complexity index is 1500. The monoisotopic (exact) mass is 512 g/mol. The van der Waals surface area contributed by atoms with Crippen LogP contribution in [0.15, 0.2) is 63.6 Å². The summed E-state index contributed by atoms with van der Waals surface area (Å²) >= 11 is 1.48. The second-order valence-electron chi connectivity index (χ2n) is 7.58. The van der Waals surface area contributed by atoms with Crippen molar-refractivity contribution in [2.75, 3.05) is 18.4 Å². The molecule has 0 spiro atoms. The number of aromatic amines is 1. The lowest BCUT2D eigenvalue weighted by molar-refractivity contribution is 0.102. The maximum atomic E-state index is 13.0. The minimum absolute atomic E-state index is 0.115. The van der Waals surface area contributed by atoms with Crippen molar-refractivity contribution >= 4 is 33.1 Å². The summed E-state index contributed by atoms with van der Waals surface area (Å²) in [6, 6.07) is 12.6. The van der Waals surface area contributed by atoms with Gasteiger partial charge in [-0.2, -0.15) is 14.1 Å². The van der Waals surface area contributed by atoms with Crippen molar-refractivity contribution < 1.29 is 13.2 Å². The van der Waals surface area contributed by atoms with Gasteiger partial charge in [0, 0.05) is 36.5 Å². The van der Waals surface area contributed by atoms with Crippen molar-refractivity contribution in [1.82, 2.24) is 24.1 Å². The van der Waals surface area contributed by atoms with E-state index in [0.717, 1.165) is 4.88 Å². The van der Waals surface area contributed by atoms with E-state index in [2.05, 4.69) is 20.4 Å². The molecule has 4 rings (SSSR count). The van der Waals surface area contributed by atoms with Gasteiger partial charge in [0.1, 0.15) is 11.5 Å². The van der Waals surface area contributed by atoms with E-state index in [9.17, 15) is 18.0 Å². The van der Waals surface area contributed by atoms with Gasteiger partial charge in [0.25, 0.3) is 11.5 Å². The van der Waals surface area contributed by atoms with E-state index in [1.807, 2.05) is 17.5 Å². The summed E-state index contributed by atoms with van der Waals surface area (Å²) < 4.78 is 28.1. The first kappa shape index (κ1) is 24.5. The average molecular weight is 513 g/mol. The Labute approximate surface area is 206 Å². The van der Waals surface area contributed by atoms with Gasteiger partial charge in [-0.25, -0.2) is 13.4 Å². The van der Waals surface area contributed by atoms with Crippen LogP contribution in [0.2, 0.25) is 0 Å². The van der Waals surface area contributed by atoms with E-state index in [-0.39, 0.29) is 22.0 Å². The number of nitrogens with one attached hydrogen (secondary N) is 2. The van der Waals surface area contributed by atoms with Crippen molar-refractivity contribution in [2.45, 2.75) is 25.7 Å². The molecule has 0 bridgehead atoms. The smallest absolute Gasteiger partial charge is 0.256 e. The number of nitrogens with zero attached hydrogens (tertiary/aromatic N) is 4. The number of hydrogen-bond donors (Lipinski definition) is 2. The third-order valence-corrected chi connectivity index (χ3v) is 8.20. The van der Waals surface area contributed by atoms with Crippen LogP contribution in [0.25, 0.3) is 16.5 Å². The number of aryl methyl sites for hydroxylation is 1. The predicted octanol–water partition coefficient (Wildman–Crippen LogP) is 3.28. The van der Waals surface area contributed by atoms with Gasteiger partial charge in [0.2, 0.25) is 16.0 Å². The quantitative estimate of drug-likeness (QED) is 0.373. The van der Waals surface area contributed by atoms with Crippen LogP contribution in [-0.4, -0.2) is 51.5 Å². The van der Waals surface area contributed by atoms with Crippen molar-refractivity contribution in [3.8, 4) is 16.5 Å². The van der Waals surface area contributed by atoms with Gasteiger partial charge >= 0.3 is 0 Å². The molecule has 0 atom stereocenters. The van der Waals surface area contributed by atoms with Crippen LogP contribution in [0.3, 0.4) is 0 Å². The molecule has 1 amide bonds. The number of sulfonamides is 1. The minimum atomic E-state index is -3.63. The van der Waals surface area contributed by atoms with Crippen LogP contribution in [0, 0.1) is 6.92 Å². The van der Waals surface area contributed by atoms with E-state index in [0.29, 0.717) is 30.3 Å². The SMILES string of the molecule is CCN(CC)S(=O)(=O)c1ccc(C(=O)Nc2cc(-c3cccs3)nn2-c2nc(C)cc(=O)[nH]2)cc1. The van der Waals surface area contributed by atoms with E-state index < -0.39 is 15.9 Å². The lowest BCUT2D eigenvalue weighted by Gasteiger charge is -2.18. The number of carbonyl (C=O) groups is 1. The molecule has 0 unspecified atom stereocenters. The Balaban J connectivity index is 1.67. The third kappa shape index (κ3) is 5.09. The zero-order valence-electron chi connectivity index (χ0n) is 19.3. The van der Waals surface area contributed by atoms with Gasteiger partial charge in [0.15, 0.2) is 0 Å². The number of benzene rings is 1. The summed E-state index contributed by atoms with van der Waals surface area (Å²) in [5.74, 6) is -0.00794. The molecule has 3 heterocycles. The van der Waals surface area contributed by atoms with E-state index in [4.69, 9.17) is 0 Å². The molecule has 12 heteroatoms. The zero-order valence-corrected chi connectivity index (χ0v) is 21.0. The van der Waals surface area contributed by atoms with Crippen LogP contribution in [0.5, 0.6) is 0 Å². The van der Waals surface area contributed by atoms with Gasteiger partial charge < -0.3 is 5.32 Å². The Kier molecular flexibility index (Phi) is 6.96. The zero-order chi connectivity index (χ0) is 25.2. The average Bonchev–Trinajstić information content (AvgIpc) is 3.49. The molecule has 0 fully saturated rings. The fourth-order valence-electron chi connectivity index (χ4n) is 3.52. The number of aromatic nitrogens is 4. The molecular weight excluding hydrogens is 488 g/mol. The Morgan fingerprint density at radius 3 is 2.46 bits per heavy atom. The highest BCUT2D eigenvalue weighted by molar-refractivity contribution is 7.89. The molecule has 10 nitrogen and oxygen atoms in total. The topological polar surface area (TPSA) is 130 Å². The maximum absolute atomic E-state index is 13.0. The number of rotatable bonds is 8. The highest BCUT2D eigenvalue weighted by Gasteiger charge is 2.22. The third-order valence-electron chi connectivity index (χ3n) is 5.24. The highest BCUT2D eigenvalue weighted by Crippen LogP contribution is 2.27. The number of thiophene rings is 1. The first-order valence-corrected chi connectivity index (χ1v) is 13.2. The van der Waals surface area contributed by atoms with Crippen molar-refractivity contribution in [2.24, 2.45) is 0 Å². The summed E-state index contributed by atoms with van der Waals surface area (Å²) in [5.41, 5.74) is 1.02.